The Morgan fingerprint density at radius 1 is 1.73 bits per heavy atom. The number of nitrogens with zero attached hydrogens (tertiary/aromatic N) is 3. The van der Waals surface area contributed by atoms with Crippen LogP contribution in [0.4, 0.5) is 0 Å². The first-order valence-electron chi connectivity index (χ1n) is 3.62. The van der Waals surface area contributed by atoms with E-state index in [1.165, 1.54) is 0 Å². The Balaban J connectivity index is 2.67. The Kier molecular flexibility index (Phi) is 2.77. The van der Waals surface area contributed by atoms with Crippen LogP contribution in [-0.2, 0) is 0 Å². The van der Waals surface area contributed by atoms with Gasteiger partial charge in [0, 0.05) is 18.3 Å². The number of hydrogen-bond donors (Lipinski definition) is 0. The molecule has 0 radical (unpaired) electrons. The van der Waals surface area contributed by atoms with Gasteiger partial charge in [0.2, 0.25) is 6.19 Å². The molecule has 0 aromatic carbocycles. The number of rotatable bonds is 1. The Hall–Kier alpha value is -0.690. The van der Waals surface area contributed by atoms with Gasteiger partial charge in [-0.05, 0) is 13.8 Å². The molecule has 0 N–H and O–H groups in total. The maximum atomic E-state index is 8.35. The van der Waals surface area contributed by atoms with Gasteiger partial charge in [-0.3, -0.25) is 0 Å². The van der Waals surface area contributed by atoms with Gasteiger partial charge < -0.3 is 4.90 Å². The van der Waals surface area contributed by atoms with Gasteiger partial charge in [0.05, 0.1) is 0 Å². The average Bonchev–Trinajstić information content (AvgIpc) is 2.36. The highest BCUT2D eigenvalue weighted by Gasteiger charge is 2.21. The van der Waals surface area contributed by atoms with Crippen molar-refractivity contribution >= 4 is 16.9 Å². The van der Waals surface area contributed by atoms with Gasteiger partial charge >= 0.3 is 0 Å². The first-order chi connectivity index (χ1) is 5.25. The molecule has 1 rings (SSSR count). The van der Waals surface area contributed by atoms with Crippen LogP contribution in [0.2, 0.25) is 0 Å². The molecule has 1 heterocycles. The zero-order chi connectivity index (χ0) is 8.27. The van der Waals surface area contributed by atoms with Crippen LogP contribution in [0.3, 0.4) is 0 Å². The van der Waals surface area contributed by atoms with E-state index in [1.807, 2.05) is 6.19 Å². The van der Waals surface area contributed by atoms with Crippen LogP contribution in [0, 0.1) is 11.5 Å². The molecule has 11 heavy (non-hydrogen) atoms. The lowest BCUT2D eigenvalue weighted by molar-refractivity contribution is 0.384. The SMILES string of the molecule is CC(C)N1CCSC1=NC#N. The van der Waals surface area contributed by atoms with Crippen molar-refractivity contribution in [2.24, 2.45) is 4.99 Å². The van der Waals surface area contributed by atoms with Crippen LogP contribution in [0.25, 0.3) is 0 Å². The monoisotopic (exact) mass is 169 g/mol. The number of nitriles is 1. The van der Waals surface area contributed by atoms with E-state index in [0.29, 0.717) is 6.04 Å². The van der Waals surface area contributed by atoms with Gasteiger partial charge in [0.1, 0.15) is 0 Å². The lowest BCUT2D eigenvalue weighted by Gasteiger charge is -2.20. The fraction of sp³-hybridized carbons (Fsp3) is 0.714. The average molecular weight is 169 g/mol. The first kappa shape index (κ1) is 8.41. The molecule has 0 atom stereocenters. The second-order valence-electron chi connectivity index (χ2n) is 2.63. The second kappa shape index (κ2) is 3.63. The minimum atomic E-state index is 0.456. The Labute approximate surface area is 71.1 Å². The van der Waals surface area contributed by atoms with Gasteiger partial charge in [-0.15, -0.1) is 4.99 Å². The number of thioether (sulfide) groups is 1. The maximum Gasteiger partial charge on any atom is 0.208 e. The first-order valence-corrected chi connectivity index (χ1v) is 4.60. The van der Waals surface area contributed by atoms with E-state index >= 15 is 0 Å². The van der Waals surface area contributed by atoms with E-state index in [9.17, 15) is 0 Å². The number of hydrogen-bond acceptors (Lipinski definition) is 3. The summed E-state index contributed by atoms with van der Waals surface area (Å²) in [4.78, 5) is 5.88. The third-order valence-corrected chi connectivity index (χ3v) is 2.55. The molecule has 1 saturated heterocycles. The molecule has 0 aromatic heterocycles. The van der Waals surface area contributed by atoms with Crippen molar-refractivity contribution in [2.45, 2.75) is 19.9 Å². The highest BCUT2D eigenvalue weighted by Crippen LogP contribution is 2.19. The van der Waals surface area contributed by atoms with Crippen LogP contribution in [0.1, 0.15) is 13.8 Å². The lowest BCUT2D eigenvalue weighted by atomic mass is 10.3. The van der Waals surface area contributed by atoms with Gasteiger partial charge in [0.25, 0.3) is 0 Å². The molecular formula is C7H11N3S. The van der Waals surface area contributed by atoms with Gasteiger partial charge in [-0.1, -0.05) is 11.8 Å². The van der Waals surface area contributed by atoms with E-state index in [2.05, 4.69) is 23.7 Å². The normalized spacial score (nSPS) is 21.3. The van der Waals surface area contributed by atoms with Crippen molar-refractivity contribution in [1.29, 1.82) is 5.26 Å². The Bertz CT molecular complexity index is 204. The molecule has 0 unspecified atom stereocenters. The number of amidine groups is 1. The summed E-state index contributed by atoms with van der Waals surface area (Å²) in [6, 6.07) is 0.456. The molecule has 1 aliphatic heterocycles. The quantitative estimate of drug-likeness (QED) is 0.555. The summed E-state index contributed by atoms with van der Waals surface area (Å²) in [5.74, 6) is 1.05. The molecule has 1 aliphatic rings. The van der Waals surface area contributed by atoms with Gasteiger partial charge in [-0.25, -0.2) is 0 Å². The summed E-state index contributed by atoms with van der Waals surface area (Å²) < 4.78 is 0. The van der Waals surface area contributed by atoms with Crippen LogP contribution >= 0.6 is 11.8 Å². The molecule has 0 aromatic rings. The topological polar surface area (TPSA) is 39.4 Å². The molecule has 3 nitrogen and oxygen atoms in total. The van der Waals surface area contributed by atoms with E-state index < -0.39 is 0 Å². The molecular weight excluding hydrogens is 158 g/mol. The molecule has 60 valence electrons. The third kappa shape index (κ3) is 1.87. The molecule has 1 fully saturated rings. The predicted molar refractivity (Wildman–Crippen MR) is 47.3 cm³/mol. The van der Waals surface area contributed by atoms with E-state index in [1.54, 1.807) is 11.8 Å². The zero-order valence-electron chi connectivity index (χ0n) is 6.74. The van der Waals surface area contributed by atoms with Crippen molar-refractivity contribution in [3.63, 3.8) is 0 Å². The van der Waals surface area contributed by atoms with Crippen LogP contribution in [0.5, 0.6) is 0 Å². The summed E-state index contributed by atoms with van der Waals surface area (Å²) in [7, 11) is 0. The summed E-state index contributed by atoms with van der Waals surface area (Å²) in [5, 5.41) is 9.23. The van der Waals surface area contributed by atoms with E-state index in [4.69, 9.17) is 5.26 Å². The fourth-order valence-corrected chi connectivity index (χ4v) is 2.08. The predicted octanol–water partition coefficient (Wildman–Crippen LogP) is 1.28. The molecule has 0 bridgehead atoms. The minimum absolute atomic E-state index is 0.456. The highest BCUT2D eigenvalue weighted by atomic mass is 32.2. The van der Waals surface area contributed by atoms with Gasteiger partial charge in [0.15, 0.2) is 5.17 Å². The fourth-order valence-electron chi connectivity index (χ4n) is 1.03. The van der Waals surface area contributed by atoms with Crippen molar-refractivity contribution in [2.75, 3.05) is 12.3 Å². The molecule has 4 heteroatoms. The largest absolute Gasteiger partial charge is 0.347 e. The summed E-state index contributed by atoms with van der Waals surface area (Å²) in [6.07, 6.45) is 1.82. The maximum absolute atomic E-state index is 8.35. The summed E-state index contributed by atoms with van der Waals surface area (Å²) in [5.41, 5.74) is 0. The zero-order valence-corrected chi connectivity index (χ0v) is 7.56. The van der Waals surface area contributed by atoms with E-state index in [-0.39, 0.29) is 0 Å². The van der Waals surface area contributed by atoms with Crippen molar-refractivity contribution in [3.05, 3.63) is 0 Å². The standard InChI is InChI=1S/C7H11N3S/c1-6(2)10-3-4-11-7(10)9-5-8/h6H,3-4H2,1-2H3. The molecule has 0 spiro atoms. The van der Waals surface area contributed by atoms with Crippen molar-refractivity contribution in [3.8, 4) is 6.19 Å². The summed E-state index contributed by atoms with van der Waals surface area (Å²) in [6.45, 7) is 5.24. The molecule has 0 amide bonds. The van der Waals surface area contributed by atoms with Crippen molar-refractivity contribution in [1.82, 2.24) is 4.90 Å². The molecule has 0 aliphatic carbocycles. The second-order valence-corrected chi connectivity index (χ2v) is 3.69. The summed E-state index contributed by atoms with van der Waals surface area (Å²) >= 11 is 1.66. The molecule has 0 saturated carbocycles. The highest BCUT2D eigenvalue weighted by molar-refractivity contribution is 8.14. The van der Waals surface area contributed by atoms with Crippen LogP contribution in [-0.4, -0.2) is 28.4 Å². The Morgan fingerprint density at radius 3 is 3.00 bits per heavy atom. The number of aliphatic imine (C=N–C) groups is 1. The minimum Gasteiger partial charge on any atom is -0.347 e. The van der Waals surface area contributed by atoms with E-state index in [0.717, 1.165) is 17.5 Å². The lowest BCUT2D eigenvalue weighted by Crippen LogP contribution is -2.31. The van der Waals surface area contributed by atoms with Crippen LogP contribution in [0.15, 0.2) is 4.99 Å². The van der Waals surface area contributed by atoms with Gasteiger partial charge in [-0.2, -0.15) is 5.26 Å². The van der Waals surface area contributed by atoms with Crippen LogP contribution < -0.4 is 0 Å². The van der Waals surface area contributed by atoms with Crippen molar-refractivity contribution < 1.29 is 0 Å². The third-order valence-electron chi connectivity index (χ3n) is 1.58. The smallest absolute Gasteiger partial charge is 0.208 e. The Morgan fingerprint density at radius 2 is 2.45 bits per heavy atom.